The molecular formula is C76H102N5O13S2+. The number of allylic oxidation sites excluding steroid dienone is 7. The van der Waals surface area contributed by atoms with Crippen LogP contribution in [0.4, 0.5) is 16.2 Å². The summed E-state index contributed by atoms with van der Waals surface area (Å²) >= 11 is 0. The van der Waals surface area contributed by atoms with E-state index in [1.165, 1.54) is 12.1 Å². The van der Waals surface area contributed by atoms with Crippen LogP contribution >= 0.6 is 0 Å². The van der Waals surface area contributed by atoms with Crippen molar-refractivity contribution in [1.29, 1.82) is 0 Å². The van der Waals surface area contributed by atoms with Crippen LogP contribution in [0.1, 0.15) is 212 Å². The molecule has 0 fully saturated rings. The van der Waals surface area contributed by atoms with Crippen molar-refractivity contribution in [3.8, 4) is 5.75 Å². The van der Waals surface area contributed by atoms with E-state index in [2.05, 4.69) is 91.3 Å². The van der Waals surface area contributed by atoms with Crippen LogP contribution in [0.5, 0.6) is 5.75 Å². The van der Waals surface area contributed by atoms with Gasteiger partial charge in [0.25, 0.3) is 20.2 Å². The molecule has 18 nitrogen and oxygen atoms in total. The predicted octanol–water partition coefficient (Wildman–Crippen LogP) is 14.9. The summed E-state index contributed by atoms with van der Waals surface area (Å²) in [6, 6.07) is 25.1. The SMILES string of the molecule is CCCCC[N+]1=C(/C=C/C2=C(Oc3ccc(CCCC(=O)[C@@H](Cc4ccccc4)NC(=O)CCCCCCCCC(=O)CCCNC(=O)N[C@H](CCC)C(=O)O)cc3)C(=C/C=C3/N(CCCC)c4ccc(S(=O)(=O)O)cc4C3(C)C)/CCC2)C(C)(C)c2cc(S(=O)(=O)O)ccc21. The number of carboxylic acids is 1. The number of urea groups is 1. The predicted molar refractivity (Wildman–Crippen MR) is 377 cm³/mol. The number of anilines is 1. The van der Waals surface area contributed by atoms with E-state index in [4.69, 9.17) is 4.74 Å². The molecule has 2 atom stereocenters. The van der Waals surface area contributed by atoms with E-state index in [1.54, 1.807) is 24.3 Å². The van der Waals surface area contributed by atoms with Gasteiger partial charge in [-0.25, -0.2) is 9.59 Å². The maximum atomic E-state index is 14.0. The van der Waals surface area contributed by atoms with Crippen LogP contribution in [0.15, 0.2) is 148 Å². The molecule has 0 saturated carbocycles. The van der Waals surface area contributed by atoms with Crippen LogP contribution in [0.3, 0.4) is 0 Å². The molecule has 0 saturated heterocycles. The Kier molecular flexibility index (Phi) is 28.2. The Labute approximate surface area is 569 Å². The molecule has 96 heavy (non-hydrogen) atoms. The summed E-state index contributed by atoms with van der Waals surface area (Å²) in [7, 11) is -8.91. The minimum absolute atomic E-state index is 0.0324. The number of Topliss-reactive ketones (excluding diaryl/α,β-unsaturated/α-hetero) is 2. The number of carbonyl (C=O) groups excluding carboxylic acids is 4. The lowest BCUT2D eigenvalue weighted by molar-refractivity contribution is -0.438. The number of amides is 3. The normalized spacial score (nSPS) is 16.6. The van der Waals surface area contributed by atoms with Crippen molar-refractivity contribution in [3.05, 3.63) is 160 Å². The second-order valence-electron chi connectivity index (χ2n) is 26.8. The number of hydrogen-bond acceptors (Lipinski definition) is 11. The highest BCUT2D eigenvalue weighted by atomic mass is 32.2. The molecule has 520 valence electrons. The van der Waals surface area contributed by atoms with Crippen LogP contribution in [0, 0.1) is 0 Å². The van der Waals surface area contributed by atoms with Gasteiger partial charge in [0, 0.05) is 79.7 Å². The lowest BCUT2D eigenvalue weighted by Gasteiger charge is -2.27. The van der Waals surface area contributed by atoms with Gasteiger partial charge >= 0.3 is 12.0 Å². The zero-order valence-corrected chi connectivity index (χ0v) is 59.0. The van der Waals surface area contributed by atoms with Gasteiger partial charge in [-0.1, -0.05) is 128 Å². The fraction of sp³-hybridized carbons (Fsp3) is 0.500. The maximum Gasteiger partial charge on any atom is 0.326 e. The second-order valence-corrected chi connectivity index (χ2v) is 29.7. The summed E-state index contributed by atoms with van der Waals surface area (Å²) in [5.74, 6) is 0.177. The van der Waals surface area contributed by atoms with Crippen LogP contribution in [-0.4, -0.2) is 103 Å². The van der Waals surface area contributed by atoms with E-state index in [0.29, 0.717) is 102 Å². The Morgan fingerprint density at radius 3 is 1.97 bits per heavy atom. The molecule has 2 heterocycles. The molecule has 0 spiro atoms. The zero-order valence-electron chi connectivity index (χ0n) is 57.4. The highest BCUT2D eigenvalue weighted by Gasteiger charge is 2.45. The zero-order chi connectivity index (χ0) is 69.6. The summed E-state index contributed by atoms with van der Waals surface area (Å²) < 4.78 is 79.2. The lowest BCUT2D eigenvalue weighted by Crippen LogP contribution is -2.46. The van der Waals surface area contributed by atoms with E-state index in [1.807, 2.05) is 61.5 Å². The fourth-order valence-corrected chi connectivity index (χ4v) is 14.2. The third kappa shape index (κ3) is 21.2. The molecule has 7 rings (SSSR count). The van der Waals surface area contributed by atoms with Crippen molar-refractivity contribution in [3.63, 3.8) is 0 Å². The molecule has 0 bridgehead atoms. The van der Waals surface area contributed by atoms with Crippen LogP contribution in [0.2, 0.25) is 0 Å². The average Bonchev–Trinajstić information content (AvgIpc) is 1.59. The van der Waals surface area contributed by atoms with Gasteiger partial charge in [-0.3, -0.25) is 23.5 Å². The van der Waals surface area contributed by atoms with Gasteiger partial charge in [-0.2, -0.15) is 21.4 Å². The number of aryl methyl sites for hydroxylation is 1. The topological polar surface area (TPSA) is 266 Å². The first kappa shape index (κ1) is 75.9. The van der Waals surface area contributed by atoms with Gasteiger partial charge in [0.2, 0.25) is 11.6 Å². The molecule has 3 aliphatic rings. The molecule has 2 aliphatic heterocycles. The van der Waals surface area contributed by atoms with Crippen LogP contribution < -0.4 is 25.6 Å². The van der Waals surface area contributed by atoms with Crippen molar-refractivity contribution in [1.82, 2.24) is 16.0 Å². The molecule has 0 aromatic heterocycles. The number of fused-ring (bicyclic) bond motifs is 2. The first-order valence-electron chi connectivity index (χ1n) is 34.7. The fourth-order valence-electron chi connectivity index (χ4n) is 13.2. The highest BCUT2D eigenvalue weighted by molar-refractivity contribution is 7.86. The average molecular weight is 1360 g/mol. The smallest absolute Gasteiger partial charge is 0.326 e. The van der Waals surface area contributed by atoms with E-state index < -0.39 is 55.2 Å². The number of unbranched alkanes of at least 4 members (excludes halogenated alkanes) is 8. The molecule has 0 unspecified atom stereocenters. The molecule has 1 aliphatic carbocycles. The van der Waals surface area contributed by atoms with Crippen molar-refractivity contribution in [2.45, 2.75) is 235 Å². The minimum atomic E-state index is -4.46. The van der Waals surface area contributed by atoms with Gasteiger partial charge in [0.05, 0.1) is 21.2 Å². The van der Waals surface area contributed by atoms with E-state index in [0.717, 1.165) is 127 Å². The molecule has 3 amide bonds. The molecule has 6 N–H and O–H groups in total. The summed E-state index contributed by atoms with van der Waals surface area (Å²) in [4.78, 5) is 65.2. The number of ketones is 2. The second kappa shape index (κ2) is 35.6. The van der Waals surface area contributed by atoms with Crippen molar-refractivity contribution < 1.29 is 64.3 Å². The van der Waals surface area contributed by atoms with Gasteiger partial charge in [-0.05, 0) is 173 Å². The Bertz CT molecular complexity index is 3770. The Hall–Kier alpha value is -7.52. The van der Waals surface area contributed by atoms with E-state index in [9.17, 15) is 55.0 Å². The number of nitrogens with one attached hydrogen (secondary N) is 3. The molecule has 20 heteroatoms. The number of nitrogens with zero attached hydrogens (tertiary/aromatic N) is 2. The summed E-state index contributed by atoms with van der Waals surface area (Å²) in [5, 5.41) is 17.4. The maximum absolute atomic E-state index is 14.0. The van der Waals surface area contributed by atoms with Crippen molar-refractivity contribution in [2.75, 3.05) is 24.5 Å². The number of carboxylic acid groups (broad SMARTS) is 1. The molecule has 4 aromatic rings. The summed E-state index contributed by atoms with van der Waals surface area (Å²) in [6.07, 6.45) is 24.9. The standard InChI is InChI=1S/C76H101N5O13S2/c1-8-11-22-50-81-67-45-43-61(96(91,92)93)53-63(67)76(6,7)70(81)47-39-57-31-24-30-56(38-46-69-75(4,5)62-52-60(95(88,89)90)42-44-66(62)80(69)49-12-9-2)72(57)94-59-40-36-54(37-41-59)29-23-34-68(83)65(51-55-27-18-17-19-28-55)78-71(84)35-21-16-14-13-15-20-32-58(82)33-25-48-77-74(87)79-64(26-10-3)73(85)86/h17-19,27-28,36-47,52-53,64-65H,8-16,20-26,29-35,48-51H2,1-7H3,(H5-,77,78,79,84,85,86,87,88,89,90,91,92,93)/p+1/t64-,65-/m1/s1. The first-order valence-corrected chi connectivity index (χ1v) is 37.6. The highest BCUT2D eigenvalue weighted by Crippen LogP contribution is 2.49. The first-order chi connectivity index (χ1) is 45.8. The van der Waals surface area contributed by atoms with Gasteiger partial charge in [0.15, 0.2) is 11.5 Å². The number of rotatable bonds is 39. The Morgan fingerprint density at radius 1 is 0.646 bits per heavy atom. The molecule has 0 radical (unpaired) electrons. The number of ether oxygens (including phenoxy) is 1. The largest absolute Gasteiger partial charge is 0.480 e. The number of aliphatic carboxylic acids is 1. The van der Waals surface area contributed by atoms with Crippen molar-refractivity contribution in [2.24, 2.45) is 0 Å². The number of carbonyl (C=O) groups is 5. The Balaban J connectivity index is 1.02. The number of benzene rings is 4. The van der Waals surface area contributed by atoms with E-state index >= 15 is 0 Å². The summed E-state index contributed by atoms with van der Waals surface area (Å²) in [5.41, 5.74) is 8.00. The Morgan fingerprint density at radius 2 is 1.30 bits per heavy atom. The minimum Gasteiger partial charge on any atom is -0.480 e. The van der Waals surface area contributed by atoms with Gasteiger partial charge < -0.3 is 30.7 Å². The molecular weight excluding hydrogens is 1250 g/mol. The van der Waals surface area contributed by atoms with Crippen LogP contribution in [0.25, 0.3) is 0 Å². The van der Waals surface area contributed by atoms with Gasteiger partial charge in [0.1, 0.15) is 29.9 Å². The third-order valence-corrected chi connectivity index (χ3v) is 20.3. The van der Waals surface area contributed by atoms with Crippen molar-refractivity contribution >= 4 is 66.8 Å². The van der Waals surface area contributed by atoms with Gasteiger partial charge in [-0.15, -0.1) is 0 Å². The quantitative estimate of drug-likeness (QED) is 0.0138. The number of hydrogen-bond donors (Lipinski definition) is 6. The van der Waals surface area contributed by atoms with E-state index in [-0.39, 0.29) is 40.2 Å². The summed E-state index contributed by atoms with van der Waals surface area (Å²) in [6.45, 7) is 16.1. The molecule has 4 aromatic carbocycles. The third-order valence-electron chi connectivity index (χ3n) is 18.6. The van der Waals surface area contributed by atoms with Crippen LogP contribution in [-0.2, 0) is 63.1 Å². The lowest BCUT2D eigenvalue weighted by atomic mass is 9.81. The monoisotopic (exact) mass is 1360 g/mol.